The molecular formula is C36H72NO8P. The van der Waals surface area contributed by atoms with Crippen LogP contribution in [0.5, 0.6) is 0 Å². The molecule has 2 unspecified atom stereocenters. The number of hydrogen-bond acceptors (Lipinski definition) is 8. The van der Waals surface area contributed by atoms with Crippen molar-refractivity contribution in [2.45, 2.75) is 174 Å². The third kappa shape index (κ3) is 32.9. The predicted octanol–water partition coefficient (Wildman–Crippen LogP) is 9.05. The van der Waals surface area contributed by atoms with Gasteiger partial charge in [0.25, 0.3) is 7.82 Å². The number of nitrogens with zero attached hydrogens (tertiary/aromatic N) is 1. The van der Waals surface area contributed by atoms with Crippen molar-refractivity contribution in [1.29, 1.82) is 0 Å². The highest BCUT2D eigenvalue weighted by molar-refractivity contribution is 7.45. The van der Waals surface area contributed by atoms with Gasteiger partial charge in [-0.3, -0.25) is 14.2 Å². The maximum absolute atomic E-state index is 12.6. The van der Waals surface area contributed by atoms with Gasteiger partial charge in [-0.1, -0.05) is 142 Å². The van der Waals surface area contributed by atoms with Gasteiger partial charge < -0.3 is 27.9 Å². The van der Waals surface area contributed by atoms with E-state index in [2.05, 4.69) is 13.8 Å². The summed E-state index contributed by atoms with van der Waals surface area (Å²) in [5.74, 6) is -0.829. The van der Waals surface area contributed by atoms with Crippen LogP contribution in [0.3, 0.4) is 0 Å². The Labute approximate surface area is 283 Å². The van der Waals surface area contributed by atoms with Crippen LogP contribution in [0.25, 0.3) is 0 Å². The van der Waals surface area contributed by atoms with Crippen LogP contribution < -0.4 is 4.89 Å². The summed E-state index contributed by atoms with van der Waals surface area (Å²) in [5.41, 5.74) is 0. The summed E-state index contributed by atoms with van der Waals surface area (Å²) in [5, 5.41) is 0. The molecule has 0 heterocycles. The summed E-state index contributed by atoms with van der Waals surface area (Å²) in [4.78, 5) is 37.2. The summed E-state index contributed by atoms with van der Waals surface area (Å²) in [6.45, 7) is 4.20. The van der Waals surface area contributed by atoms with Crippen LogP contribution in [0.2, 0.25) is 0 Å². The van der Waals surface area contributed by atoms with Gasteiger partial charge >= 0.3 is 11.9 Å². The summed E-state index contributed by atoms with van der Waals surface area (Å²) in [6, 6.07) is 0. The normalized spacial score (nSPS) is 13.8. The van der Waals surface area contributed by atoms with Crippen molar-refractivity contribution in [1.82, 2.24) is 0 Å². The van der Waals surface area contributed by atoms with Crippen molar-refractivity contribution in [3.63, 3.8) is 0 Å². The zero-order valence-electron chi connectivity index (χ0n) is 30.5. The molecule has 0 aromatic rings. The largest absolute Gasteiger partial charge is 0.756 e. The second-order valence-electron chi connectivity index (χ2n) is 14.0. The van der Waals surface area contributed by atoms with E-state index in [4.69, 9.17) is 18.5 Å². The number of phosphoric acid groups is 1. The summed E-state index contributed by atoms with van der Waals surface area (Å²) in [7, 11) is 1.18. The average molecular weight is 678 g/mol. The summed E-state index contributed by atoms with van der Waals surface area (Å²) >= 11 is 0. The average Bonchev–Trinajstić information content (AvgIpc) is 2.99. The van der Waals surface area contributed by atoms with Gasteiger partial charge in [-0.15, -0.1) is 0 Å². The van der Waals surface area contributed by atoms with Crippen LogP contribution in [0, 0.1) is 0 Å². The molecule has 0 aliphatic heterocycles. The first kappa shape index (κ1) is 45.0. The molecule has 0 spiro atoms. The number of carbonyl (C=O) groups excluding carboxylic acids is 2. The van der Waals surface area contributed by atoms with Crippen LogP contribution in [0.4, 0.5) is 0 Å². The molecular weight excluding hydrogens is 605 g/mol. The van der Waals surface area contributed by atoms with E-state index in [-0.39, 0.29) is 32.0 Å². The molecule has 0 saturated carbocycles. The first-order valence-electron chi connectivity index (χ1n) is 18.7. The summed E-state index contributed by atoms with van der Waals surface area (Å²) in [6.07, 6.45) is 25.5. The number of unbranched alkanes of at least 4 members (excludes halogenated alkanes) is 20. The van der Waals surface area contributed by atoms with Crippen LogP contribution in [-0.4, -0.2) is 70.0 Å². The molecule has 0 aliphatic carbocycles. The Kier molecular flexibility index (Phi) is 29.4. The van der Waals surface area contributed by atoms with Crippen molar-refractivity contribution in [2.75, 3.05) is 47.5 Å². The number of likely N-dealkylation sites (N-methyl/N-ethyl adjacent to an activating group) is 1. The van der Waals surface area contributed by atoms with Gasteiger partial charge in [-0.25, -0.2) is 0 Å². The van der Waals surface area contributed by atoms with E-state index in [0.717, 1.165) is 32.1 Å². The molecule has 2 atom stereocenters. The first-order valence-corrected chi connectivity index (χ1v) is 20.2. The standard InChI is InChI=1S/C36H72NO8P/c1-6-8-10-12-14-16-18-19-21-23-25-27-29-36(39)45-34(33-44-46(40,41)43-31-30-37(3,4)5)32-42-35(38)28-26-24-22-20-17-15-13-11-9-7-2/h34H,6-33H2,1-5H3. The molecule has 9 nitrogen and oxygen atoms in total. The SMILES string of the molecule is CCCCCCCCCCCCCCC(=O)OC(COC(=O)CCCCCCCCCCCC)COP(=O)([O-])OCC[N+](C)(C)C. The molecule has 0 saturated heterocycles. The maximum Gasteiger partial charge on any atom is 0.306 e. The van der Waals surface area contributed by atoms with Gasteiger partial charge in [0, 0.05) is 12.8 Å². The number of hydrogen-bond donors (Lipinski definition) is 0. The van der Waals surface area contributed by atoms with E-state index in [0.29, 0.717) is 17.4 Å². The lowest BCUT2D eigenvalue weighted by atomic mass is 10.0. The Bertz CT molecular complexity index is 774. The molecule has 46 heavy (non-hydrogen) atoms. The highest BCUT2D eigenvalue weighted by Crippen LogP contribution is 2.38. The van der Waals surface area contributed by atoms with E-state index in [1.165, 1.54) is 103 Å². The Morgan fingerprint density at radius 3 is 1.39 bits per heavy atom. The van der Waals surface area contributed by atoms with E-state index in [1.54, 1.807) is 0 Å². The second-order valence-corrected chi connectivity index (χ2v) is 15.4. The smallest absolute Gasteiger partial charge is 0.306 e. The molecule has 0 fully saturated rings. The molecule has 10 heteroatoms. The lowest BCUT2D eigenvalue weighted by molar-refractivity contribution is -0.870. The zero-order chi connectivity index (χ0) is 34.4. The van der Waals surface area contributed by atoms with Crippen LogP contribution in [-0.2, 0) is 32.7 Å². The van der Waals surface area contributed by atoms with E-state index >= 15 is 0 Å². The third-order valence-electron chi connectivity index (χ3n) is 8.13. The molecule has 0 N–H and O–H groups in total. The Hall–Kier alpha value is -0.990. The van der Waals surface area contributed by atoms with Crippen molar-refractivity contribution in [3.8, 4) is 0 Å². The fraction of sp³-hybridized carbons (Fsp3) is 0.944. The number of carbonyl (C=O) groups is 2. The van der Waals surface area contributed by atoms with Gasteiger partial charge in [0.05, 0.1) is 27.7 Å². The number of phosphoric ester groups is 1. The summed E-state index contributed by atoms with van der Waals surface area (Å²) < 4.78 is 33.7. The fourth-order valence-electron chi connectivity index (χ4n) is 5.12. The van der Waals surface area contributed by atoms with Crippen molar-refractivity contribution in [2.24, 2.45) is 0 Å². The molecule has 0 aromatic carbocycles. The molecule has 0 bridgehead atoms. The second kappa shape index (κ2) is 30.1. The van der Waals surface area contributed by atoms with Gasteiger partial charge in [0.1, 0.15) is 19.8 Å². The zero-order valence-corrected chi connectivity index (χ0v) is 31.4. The van der Waals surface area contributed by atoms with E-state index in [9.17, 15) is 19.0 Å². The van der Waals surface area contributed by atoms with Crippen LogP contribution >= 0.6 is 7.82 Å². The highest BCUT2D eigenvalue weighted by Gasteiger charge is 2.21. The number of rotatable bonds is 34. The molecule has 274 valence electrons. The Morgan fingerprint density at radius 2 is 0.978 bits per heavy atom. The van der Waals surface area contributed by atoms with E-state index < -0.39 is 26.5 Å². The van der Waals surface area contributed by atoms with Gasteiger partial charge in [-0.2, -0.15) is 0 Å². The monoisotopic (exact) mass is 677 g/mol. The highest BCUT2D eigenvalue weighted by atomic mass is 31.2. The maximum atomic E-state index is 12.6. The molecule has 0 amide bonds. The number of quaternary nitrogens is 1. The van der Waals surface area contributed by atoms with Gasteiger partial charge in [0.2, 0.25) is 0 Å². The molecule has 0 aromatic heterocycles. The van der Waals surface area contributed by atoms with Gasteiger partial charge in [0.15, 0.2) is 6.10 Å². The van der Waals surface area contributed by atoms with Crippen molar-refractivity contribution < 1.29 is 42.1 Å². The minimum atomic E-state index is -4.60. The van der Waals surface area contributed by atoms with Gasteiger partial charge in [-0.05, 0) is 12.8 Å². The third-order valence-corrected chi connectivity index (χ3v) is 9.09. The Balaban J connectivity index is 4.44. The van der Waals surface area contributed by atoms with Crippen molar-refractivity contribution in [3.05, 3.63) is 0 Å². The fourth-order valence-corrected chi connectivity index (χ4v) is 5.85. The lowest BCUT2D eigenvalue weighted by Gasteiger charge is -2.28. The number of ether oxygens (including phenoxy) is 2. The lowest BCUT2D eigenvalue weighted by Crippen LogP contribution is -2.37. The van der Waals surface area contributed by atoms with Crippen LogP contribution in [0.1, 0.15) is 168 Å². The molecule has 0 radical (unpaired) electrons. The topological polar surface area (TPSA) is 111 Å². The number of esters is 2. The Morgan fingerprint density at radius 1 is 0.587 bits per heavy atom. The predicted molar refractivity (Wildman–Crippen MR) is 185 cm³/mol. The van der Waals surface area contributed by atoms with E-state index in [1.807, 2.05) is 21.1 Å². The molecule has 0 rings (SSSR count). The minimum Gasteiger partial charge on any atom is -0.756 e. The van der Waals surface area contributed by atoms with Crippen LogP contribution in [0.15, 0.2) is 0 Å². The van der Waals surface area contributed by atoms with Crippen molar-refractivity contribution >= 4 is 19.8 Å². The minimum absolute atomic E-state index is 0.0263. The quantitative estimate of drug-likeness (QED) is 0.0287. The molecule has 0 aliphatic rings. The first-order chi connectivity index (χ1) is 22.0.